The highest BCUT2D eigenvalue weighted by Gasteiger charge is 2.08. The number of hydrogen-bond donors (Lipinski definition) is 0. The van der Waals surface area contributed by atoms with Crippen molar-refractivity contribution in [3.63, 3.8) is 0 Å². The third kappa shape index (κ3) is 1.57. The lowest BCUT2D eigenvalue weighted by Crippen LogP contribution is -2.14. The van der Waals surface area contributed by atoms with Crippen molar-refractivity contribution >= 4 is 38.3 Å². The fourth-order valence-electron chi connectivity index (χ4n) is 1.20. The summed E-state index contributed by atoms with van der Waals surface area (Å²) in [6, 6.07) is 5.82. The molecule has 14 heavy (non-hydrogen) atoms. The van der Waals surface area contributed by atoms with E-state index >= 15 is 0 Å². The zero-order chi connectivity index (χ0) is 10.1. The normalized spacial score (nSPS) is 10.8. The number of aromatic nitrogens is 1. The van der Waals surface area contributed by atoms with Gasteiger partial charge in [-0.1, -0.05) is 29.0 Å². The Morgan fingerprint density at radius 2 is 2.29 bits per heavy atom. The molecule has 0 saturated carbocycles. The van der Waals surface area contributed by atoms with Gasteiger partial charge in [-0.15, -0.1) is 0 Å². The van der Waals surface area contributed by atoms with Gasteiger partial charge in [0.25, 0.3) is 0 Å². The molecule has 0 saturated heterocycles. The third-order valence-corrected chi connectivity index (χ3v) is 3.80. The Morgan fingerprint density at radius 3 is 2.93 bits per heavy atom. The zero-order valence-electron chi connectivity index (χ0n) is 8.12. The van der Waals surface area contributed by atoms with Crippen molar-refractivity contribution in [2.45, 2.75) is 6.92 Å². The van der Waals surface area contributed by atoms with E-state index in [4.69, 9.17) is 11.6 Å². The lowest BCUT2D eigenvalue weighted by molar-refractivity contribution is 0.961. The van der Waals surface area contributed by atoms with Crippen molar-refractivity contribution in [2.75, 3.05) is 18.5 Å². The van der Waals surface area contributed by atoms with Crippen LogP contribution >= 0.6 is 22.9 Å². The van der Waals surface area contributed by atoms with E-state index in [1.54, 1.807) is 11.3 Å². The van der Waals surface area contributed by atoms with Crippen LogP contribution in [0.15, 0.2) is 18.2 Å². The molecule has 0 aliphatic carbocycles. The summed E-state index contributed by atoms with van der Waals surface area (Å²) < 4.78 is 1.07. The number of rotatable bonds is 2. The van der Waals surface area contributed by atoms with Gasteiger partial charge in [-0.05, 0) is 19.1 Å². The predicted octanol–water partition coefficient (Wildman–Crippen LogP) is 3.41. The minimum atomic E-state index is 0.788. The molecule has 1 aromatic carbocycles. The zero-order valence-corrected chi connectivity index (χ0v) is 9.69. The minimum absolute atomic E-state index is 0.788. The van der Waals surface area contributed by atoms with Crippen LogP contribution in [0.25, 0.3) is 10.2 Å². The molecule has 2 aromatic rings. The van der Waals surface area contributed by atoms with Crippen LogP contribution in [0.4, 0.5) is 5.13 Å². The molecule has 4 heteroatoms. The van der Waals surface area contributed by atoms with Gasteiger partial charge in [-0.25, -0.2) is 4.98 Å². The van der Waals surface area contributed by atoms with Crippen molar-refractivity contribution in [1.29, 1.82) is 0 Å². The van der Waals surface area contributed by atoms with Crippen LogP contribution in [0, 0.1) is 0 Å². The predicted molar refractivity (Wildman–Crippen MR) is 63.6 cm³/mol. The summed E-state index contributed by atoms with van der Waals surface area (Å²) in [7, 11) is 2.03. The van der Waals surface area contributed by atoms with E-state index in [2.05, 4.69) is 16.8 Å². The molecule has 0 fully saturated rings. The van der Waals surface area contributed by atoms with E-state index in [9.17, 15) is 0 Å². The second-order valence-electron chi connectivity index (χ2n) is 3.10. The molecule has 74 valence electrons. The van der Waals surface area contributed by atoms with Crippen LogP contribution in [0.2, 0.25) is 5.02 Å². The maximum Gasteiger partial charge on any atom is 0.186 e. The molecule has 0 bridgehead atoms. The molecule has 1 heterocycles. The van der Waals surface area contributed by atoms with Gasteiger partial charge in [0.2, 0.25) is 0 Å². The topological polar surface area (TPSA) is 16.1 Å². The maximum absolute atomic E-state index is 6.07. The van der Waals surface area contributed by atoms with Crippen LogP contribution in [0.1, 0.15) is 6.92 Å². The number of hydrogen-bond acceptors (Lipinski definition) is 3. The van der Waals surface area contributed by atoms with Gasteiger partial charge in [-0.2, -0.15) is 0 Å². The van der Waals surface area contributed by atoms with Gasteiger partial charge in [0, 0.05) is 13.6 Å². The van der Waals surface area contributed by atoms with Crippen molar-refractivity contribution in [3.05, 3.63) is 23.2 Å². The first kappa shape index (κ1) is 9.74. The molecule has 0 aliphatic rings. The van der Waals surface area contributed by atoms with E-state index < -0.39 is 0 Å². The molecule has 1 aromatic heterocycles. The summed E-state index contributed by atoms with van der Waals surface area (Å²) in [4.78, 5) is 6.62. The number of benzene rings is 1. The Labute approximate surface area is 92.1 Å². The van der Waals surface area contributed by atoms with Gasteiger partial charge < -0.3 is 4.90 Å². The Morgan fingerprint density at radius 1 is 1.50 bits per heavy atom. The summed E-state index contributed by atoms with van der Waals surface area (Å²) >= 11 is 7.71. The molecule has 0 spiro atoms. The highest BCUT2D eigenvalue weighted by atomic mass is 35.5. The first-order valence-electron chi connectivity index (χ1n) is 4.48. The Hall–Kier alpha value is -0.800. The van der Waals surface area contributed by atoms with Gasteiger partial charge in [0.05, 0.1) is 15.2 Å². The lowest BCUT2D eigenvalue weighted by atomic mass is 10.3. The third-order valence-electron chi connectivity index (χ3n) is 2.16. The monoisotopic (exact) mass is 226 g/mol. The molecular weight excluding hydrogens is 216 g/mol. The summed E-state index contributed by atoms with van der Waals surface area (Å²) in [6.07, 6.45) is 0. The van der Waals surface area contributed by atoms with E-state index in [0.29, 0.717) is 0 Å². The summed E-state index contributed by atoms with van der Waals surface area (Å²) in [5.74, 6) is 0. The largest absolute Gasteiger partial charge is 0.351 e. The molecule has 0 unspecified atom stereocenters. The Kier molecular flexibility index (Phi) is 2.61. The standard InChI is InChI=1S/C10H11ClN2S/c1-3-13(2)10-12-8-6-4-5-7(11)9(8)14-10/h4-6H,3H2,1-2H3. The molecule has 0 radical (unpaired) electrons. The first-order valence-corrected chi connectivity index (χ1v) is 5.68. The van der Waals surface area contributed by atoms with Crippen LogP contribution in [0.3, 0.4) is 0 Å². The Balaban J connectivity index is 2.56. The second kappa shape index (κ2) is 3.75. The SMILES string of the molecule is CCN(C)c1nc2cccc(Cl)c2s1. The van der Waals surface area contributed by atoms with Crippen LogP contribution < -0.4 is 4.90 Å². The number of anilines is 1. The fraction of sp³-hybridized carbons (Fsp3) is 0.300. The Bertz CT molecular complexity index is 452. The average molecular weight is 227 g/mol. The molecule has 0 atom stereocenters. The molecule has 0 aliphatic heterocycles. The van der Waals surface area contributed by atoms with Gasteiger partial charge >= 0.3 is 0 Å². The quantitative estimate of drug-likeness (QED) is 0.780. The number of nitrogens with zero attached hydrogens (tertiary/aromatic N) is 2. The molecular formula is C10H11ClN2S. The van der Waals surface area contributed by atoms with Crippen LogP contribution in [0.5, 0.6) is 0 Å². The van der Waals surface area contributed by atoms with E-state index in [0.717, 1.165) is 26.9 Å². The lowest BCUT2D eigenvalue weighted by Gasteiger charge is -2.10. The second-order valence-corrected chi connectivity index (χ2v) is 4.48. The molecule has 2 rings (SSSR count). The van der Waals surface area contributed by atoms with Crippen molar-refractivity contribution in [1.82, 2.24) is 4.98 Å². The van der Waals surface area contributed by atoms with Crippen molar-refractivity contribution in [3.8, 4) is 0 Å². The van der Waals surface area contributed by atoms with Gasteiger partial charge in [0.1, 0.15) is 0 Å². The minimum Gasteiger partial charge on any atom is -0.351 e. The van der Waals surface area contributed by atoms with Crippen LogP contribution in [-0.4, -0.2) is 18.6 Å². The summed E-state index contributed by atoms with van der Waals surface area (Å²) in [5.41, 5.74) is 0.984. The van der Waals surface area contributed by atoms with Gasteiger partial charge in [0.15, 0.2) is 5.13 Å². The number of halogens is 1. The number of thiazole rings is 1. The van der Waals surface area contributed by atoms with Crippen molar-refractivity contribution < 1.29 is 0 Å². The van der Waals surface area contributed by atoms with Gasteiger partial charge in [-0.3, -0.25) is 0 Å². The average Bonchev–Trinajstić information content (AvgIpc) is 2.62. The van der Waals surface area contributed by atoms with Crippen molar-refractivity contribution in [2.24, 2.45) is 0 Å². The highest BCUT2D eigenvalue weighted by Crippen LogP contribution is 2.32. The fourth-order valence-corrected chi connectivity index (χ4v) is 2.48. The smallest absolute Gasteiger partial charge is 0.186 e. The molecule has 0 N–H and O–H groups in total. The number of fused-ring (bicyclic) bond motifs is 1. The maximum atomic E-state index is 6.07. The van der Waals surface area contributed by atoms with E-state index in [1.807, 2.05) is 25.2 Å². The molecule has 0 amide bonds. The summed E-state index contributed by atoms with van der Waals surface area (Å²) in [6.45, 7) is 3.06. The highest BCUT2D eigenvalue weighted by molar-refractivity contribution is 7.22. The summed E-state index contributed by atoms with van der Waals surface area (Å²) in [5, 5.41) is 1.81. The molecule has 2 nitrogen and oxygen atoms in total. The van der Waals surface area contributed by atoms with Crippen LogP contribution in [-0.2, 0) is 0 Å². The van der Waals surface area contributed by atoms with E-state index in [-0.39, 0.29) is 0 Å². The first-order chi connectivity index (χ1) is 6.72. The van der Waals surface area contributed by atoms with E-state index in [1.165, 1.54) is 0 Å².